The van der Waals surface area contributed by atoms with Gasteiger partial charge in [-0.1, -0.05) is 102 Å². The normalized spacial score (nSPS) is 10.9. The van der Waals surface area contributed by atoms with Crippen molar-refractivity contribution in [1.29, 1.82) is 10.5 Å². The van der Waals surface area contributed by atoms with Gasteiger partial charge in [0, 0.05) is 27.2 Å². The molecule has 0 amide bonds. The Labute approximate surface area is 327 Å². The van der Waals surface area contributed by atoms with Gasteiger partial charge in [-0.15, -0.1) is 0 Å². The van der Waals surface area contributed by atoms with E-state index in [4.69, 9.17) is 55.4 Å². The van der Waals surface area contributed by atoms with Gasteiger partial charge in [0.25, 0.3) is 0 Å². The molecular formula is C46H25BCl3N2O2+. The predicted molar refractivity (Wildman–Crippen MR) is 223 cm³/mol. The van der Waals surface area contributed by atoms with Crippen LogP contribution in [0.15, 0.2) is 140 Å². The molecule has 0 fully saturated rings. The first-order chi connectivity index (χ1) is 26.3. The molecule has 7 aromatic carbocycles. The van der Waals surface area contributed by atoms with E-state index in [9.17, 15) is 0 Å². The third-order valence-electron chi connectivity index (χ3n) is 9.75. The molecule has 0 bridgehead atoms. The fourth-order valence-electron chi connectivity index (χ4n) is 7.27. The van der Waals surface area contributed by atoms with Crippen LogP contribution in [0.25, 0.3) is 76.8 Å². The Balaban J connectivity index is 0.000000125. The van der Waals surface area contributed by atoms with E-state index in [1.54, 1.807) is 6.07 Å². The lowest BCUT2D eigenvalue weighted by Gasteiger charge is -2.11. The van der Waals surface area contributed by atoms with E-state index in [2.05, 4.69) is 72.8 Å². The minimum atomic E-state index is -1.46. The standard InChI is InChI=1S/C23H12ClN.C16H7Cl2.C7H6BNO2/c24-21-12-11-20-18-4-2-1-3-17(18)19-10-9-16(23(21)22(19)20)15-7-5-14(13-25)6-8-15;17-13-7-5-11-9-3-1-2-4-10(9)12-6-8-14(18)16(13)15(11)12;9-5-6-1-3-7(4-2-6)8(10)11/h1-12H;1-5,7-8H;1-4,10-11H/q;+1;. The van der Waals surface area contributed by atoms with Gasteiger partial charge in [-0.3, -0.25) is 0 Å². The van der Waals surface area contributed by atoms with Gasteiger partial charge in [-0.2, -0.15) is 10.5 Å². The minimum Gasteiger partial charge on any atom is -0.423 e. The lowest BCUT2D eigenvalue weighted by atomic mass is 9.80. The number of nitriles is 2. The summed E-state index contributed by atoms with van der Waals surface area (Å²) in [6.07, 6.45) is 0. The summed E-state index contributed by atoms with van der Waals surface area (Å²) < 4.78 is 0. The predicted octanol–water partition coefficient (Wildman–Crippen LogP) is 11.6. The third kappa shape index (κ3) is 6.07. The molecule has 0 aliphatic heterocycles. The van der Waals surface area contributed by atoms with Crippen molar-refractivity contribution in [1.82, 2.24) is 0 Å². The molecule has 2 N–H and O–H groups in total. The highest BCUT2D eigenvalue weighted by Crippen LogP contribution is 2.51. The Kier molecular flexibility index (Phi) is 9.39. The molecule has 4 nitrogen and oxygen atoms in total. The van der Waals surface area contributed by atoms with E-state index in [1.807, 2.05) is 54.6 Å². The Bertz CT molecular complexity index is 2890. The van der Waals surface area contributed by atoms with Crippen molar-refractivity contribution in [3.05, 3.63) is 172 Å². The molecule has 10 rings (SSSR count). The summed E-state index contributed by atoms with van der Waals surface area (Å²) >= 11 is 19.2. The van der Waals surface area contributed by atoms with Crippen molar-refractivity contribution >= 4 is 79.7 Å². The Hall–Kier alpha value is -5.98. The zero-order valence-corrected chi connectivity index (χ0v) is 30.5. The monoisotopic (exact) mass is 753 g/mol. The van der Waals surface area contributed by atoms with E-state index < -0.39 is 7.12 Å². The maximum absolute atomic E-state index is 9.03. The number of rotatable bonds is 2. The topological polar surface area (TPSA) is 88.0 Å². The van der Waals surface area contributed by atoms with Crippen molar-refractivity contribution in [2.45, 2.75) is 0 Å². The smallest absolute Gasteiger partial charge is 0.423 e. The van der Waals surface area contributed by atoms with Crippen LogP contribution >= 0.6 is 34.8 Å². The summed E-state index contributed by atoms with van der Waals surface area (Å²) in [6.45, 7) is 0. The molecule has 0 heterocycles. The first-order valence-corrected chi connectivity index (χ1v) is 18.1. The first-order valence-electron chi connectivity index (χ1n) is 16.9. The SMILES string of the molecule is Clc1c[c+]c2c3ccccc3c3ccc(Cl)c1c3-2.N#Cc1ccc(-c2ccc3c4c(ccc(Cl)c24)-c2ccccc2-3)cc1.N#Cc1ccc(B(O)O)cc1. The lowest BCUT2D eigenvalue weighted by Crippen LogP contribution is -2.29. The van der Waals surface area contributed by atoms with E-state index in [1.165, 1.54) is 68.1 Å². The van der Waals surface area contributed by atoms with Crippen LogP contribution in [-0.2, 0) is 0 Å². The molecule has 0 saturated carbocycles. The summed E-state index contributed by atoms with van der Waals surface area (Å²) in [6, 6.07) is 52.1. The highest BCUT2D eigenvalue weighted by atomic mass is 35.5. The van der Waals surface area contributed by atoms with E-state index in [0.717, 1.165) is 38.0 Å². The molecule has 0 atom stereocenters. The molecule has 0 saturated heterocycles. The number of benzene rings is 8. The van der Waals surface area contributed by atoms with E-state index >= 15 is 0 Å². The zero-order chi connectivity index (χ0) is 37.5. The Morgan fingerprint density at radius 2 is 1.02 bits per heavy atom. The molecule has 54 heavy (non-hydrogen) atoms. The van der Waals surface area contributed by atoms with Crippen molar-refractivity contribution in [2.75, 3.05) is 0 Å². The largest absolute Gasteiger partial charge is 0.488 e. The maximum atomic E-state index is 9.03. The van der Waals surface area contributed by atoms with Gasteiger partial charge in [0.2, 0.25) is 0 Å². The number of fused-ring (bicyclic) bond motifs is 6. The van der Waals surface area contributed by atoms with Gasteiger partial charge in [-0.25, -0.2) is 0 Å². The average Bonchev–Trinajstić information content (AvgIpc) is 3.72. The quantitative estimate of drug-likeness (QED) is 0.136. The van der Waals surface area contributed by atoms with Gasteiger partial charge in [0.05, 0.1) is 45.3 Å². The fourth-order valence-corrected chi connectivity index (χ4v) is 8.09. The maximum Gasteiger partial charge on any atom is 0.488 e. The molecular weight excluding hydrogens is 730 g/mol. The highest BCUT2D eigenvalue weighted by Gasteiger charge is 2.28. The van der Waals surface area contributed by atoms with Gasteiger partial charge in [0.15, 0.2) is 5.56 Å². The molecule has 3 aliphatic rings. The number of nitrogens with zero attached hydrogens (tertiary/aromatic N) is 2. The summed E-state index contributed by atoms with van der Waals surface area (Å²) in [4.78, 5) is 0. The molecule has 0 aromatic heterocycles. The number of hydrogen-bond acceptors (Lipinski definition) is 4. The average molecular weight is 755 g/mol. The second-order valence-corrected chi connectivity index (χ2v) is 14.0. The van der Waals surface area contributed by atoms with Crippen LogP contribution in [0.1, 0.15) is 11.1 Å². The highest BCUT2D eigenvalue weighted by molar-refractivity contribution is 6.58. The lowest BCUT2D eigenvalue weighted by molar-refractivity contribution is 0.426. The summed E-state index contributed by atoms with van der Waals surface area (Å²) in [7, 11) is -1.46. The van der Waals surface area contributed by atoms with Crippen molar-refractivity contribution < 1.29 is 10.0 Å². The van der Waals surface area contributed by atoms with Crippen LogP contribution in [0.4, 0.5) is 0 Å². The minimum absolute atomic E-state index is 0.393. The van der Waals surface area contributed by atoms with E-state index in [-0.39, 0.29) is 0 Å². The number of halogens is 3. The van der Waals surface area contributed by atoms with Crippen molar-refractivity contribution in [2.24, 2.45) is 0 Å². The molecule has 254 valence electrons. The Morgan fingerprint density at radius 1 is 0.481 bits per heavy atom. The second-order valence-electron chi connectivity index (χ2n) is 12.7. The van der Waals surface area contributed by atoms with Gasteiger partial charge in [0.1, 0.15) is 10.4 Å². The van der Waals surface area contributed by atoms with Crippen LogP contribution in [0, 0.1) is 28.7 Å². The second kappa shape index (κ2) is 14.5. The van der Waals surface area contributed by atoms with Gasteiger partial charge >= 0.3 is 7.12 Å². The van der Waals surface area contributed by atoms with Gasteiger partial charge < -0.3 is 10.0 Å². The first kappa shape index (κ1) is 35.1. The molecule has 0 spiro atoms. The van der Waals surface area contributed by atoms with Crippen LogP contribution in [0.5, 0.6) is 0 Å². The zero-order valence-electron chi connectivity index (χ0n) is 28.3. The van der Waals surface area contributed by atoms with Crippen molar-refractivity contribution in [3.8, 4) is 56.6 Å². The molecule has 7 aromatic rings. The third-order valence-corrected chi connectivity index (χ3v) is 10.7. The molecule has 8 heteroatoms. The fraction of sp³-hybridized carbons (Fsp3) is 0. The summed E-state index contributed by atoms with van der Waals surface area (Å²) in [5.74, 6) is 0. The van der Waals surface area contributed by atoms with Gasteiger partial charge in [-0.05, 0) is 110 Å². The van der Waals surface area contributed by atoms with Crippen LogP contribution in [0.2, 0.25) is 15.1 Å². The van der Waals surface area contributed by atoms with Crippen molar-refractivity contribution in [3.63, 3.8) is 0 Å². The molecule has 3 aliphatic carbocycles. The summed E-state index contributed by atoms with van der Waals surface area (Å²) in [5, 5.41) is 43.7. The summed E-state index contributed by atoms with van der Waals surface area (Å²) in [5.41, 5.74) is 10.9. The number of hydrogen-bond donors (Lipinski definition) is 2. The van der Waals surface area contributed by atoms with Crippen LogP contribution in [-0.4, -0.2) is 17.2 Å². The van der Waals surface area contributed by atoms with E-state index in [0.29, 0.717) is 26.6 Å². The van der Waals surface area contributed by atoms with Crippen LogP contribution in [0.3, 0.4) is 0 Å². The Morgan fingerprint density at radius 3 is 1.65 bits per heavy atom. The van der Waals surface area contributed by atoms with Crippen LogP contribution < -0.4 is 5.46 Å². The molecule has 0 radical (unpaired) electrons. The molecule has 0 unspecified atom stereocenters.